The SMILES string of the molecule is CCC(C)c1cnc(C(C)C)cc1F. The summed E-state index contributed by atoms with van der Waals surface area (Å²) in [5, 5.41) is 0. The summed E-state index contributed by atoms with van der Waals surface area (Å²) in [7, 11) is 0. The minimum Gasteiger partial charge on any atom is -0.261 e. The number of hydrogen-bond acceptors (Lipinski definition) is 1. The molecule has 0 bridgehead atoms. The minimum atomic E-state index is -0.113. The molecule has 0 fully saturated rings. The second-order valence-electron chi connectivity index (χ2n) is 4.09. The molecule has 1 rings (SSSR count). The van der Waals surface area contributed by atoms with Gasteiger partial charge in [-0.15, -0.1) is 0 Å². The van der Waals surface area contributed by atoms with Crippen molar-refractivity contribution in [2.75, 3.05) is 0 Å². The van der Waals surface area contributed by atoms with Gasteiger partial charge in [-0.25, -0.2) is 4.39 Å². The van der Waals surface area contributed by atoms with E-state index in [1.165, 1.54) is 0 Å². The van der Waals surface area contributed by atoms with E-state index in [4.69, 9.17) is 0 Å². The summed E-state index contributed by atoms with van der Waals surface area (Å²) in [5.74, 6) is 0.428. The van der Waals surface area contributed by atoms with Crippen LogP contribution < -0.4 is 0 Å². The topological polar surface area (TPSA) is 12.9 Å². The van der Waals surface area contributed by atoms with E-state index < -0.39 is 0 Å². The van der Waals surface area contributed by atoms with E-state index in [2.05, 4.69) is 11.9 Å². The van der Waals surface area contributed by atoms with Crippen molar-refractivity contribution in [1.82, 2.24) is 4.98 Å². The highest BCUT2D eigenvalue weighted by atomic mass is 19.1. The highest BCUT2D eigenvalue weighted by molar-refractivity contribution is 5.21. The molecular formula is C12H18FN. The second kappa shape index (κ2) is 4.54. The summed E-state index contributed by atoms with van der Waals surface area (Å²) in [4.78, 5) is 4.27. The van der Waals surface area contributed by atoms with Gasteiger partial charge in [0.25, 0.3) is 0 Å². The van der Waals surface area contributed by atoms with Crippen LogP contribution in [0.5, 0.6) is 0 Å². The number of nitrogens with zero attached hydrogens (tertiary/aromatic N) is 1. The van der Waals surface area contributed by atoms with Gasteiger partial charge in [0.05, 0.1) is 0 Å². The van der Waals surface area contributed by atoms with E-state index in [0.29, 0.717) is 0 Å². The van der Waals surface area contributed by atoms with Crippen molar-refractivity contribution < 1.29 is 4.39 Å². The Kier molecular flexibility index (Phi) is 3.62. The standard InChI is InChI=1S/C12H18FN/c1-5-9(4)10-7-14-12(8(2)3)6-11(10)13/h6-9H,5H2,1-4H3. The molecule has 0 aromatic carbocycles. The van der Waals surface area contributed by atoms with Gasteiger partial charge in [0.15, 0.2) is 0 Å². The van der Waals surface area contributed by atoms with Crippen LogP contribution in [-0.2, 0) is 0 Å². The first-order chi connectivity index (χ1) is 6.56. The zero-order valence-electron chi connectivity index (χ0n) is 9.34. The lowest BCUT2D eigenvalue weighted by Crippen LogP contribution is -2.01. The first-order valence-corrected chi connectivity index (χ1v) is 5.21. The molecule has 2 heteroatoms. The average molecular weight is 195 g/mol. The molecule has 0 saturated carbocycles. The molecule has 1 unspecified atom stereocenters. The van der Waals surface area contributed by atoms with E-state index in [1.54, 1.807) is 12.3 Å². The summed E-state index contributed by atoms with van der Waals surface area (Å²) >= 11 is 0. The van der Waals surface area contributed by atoms with Crippen molar-refractivity contribution in [2.24, 2.45) is 0 Å². The van der Waals surface area contributed by atoms with Crippen molar-refractivity contribution in [3.8, 4) is 0 Å². The molecular weight excluding hydrogens is 177 g/mol. The van der Waals surface area contributed by atoms with Gasteiger partial charge in [0, 0.05) is 17.5 Å². The molecule has 0 saturated heterocycles. The summed E-state index contributed by atoms with van der Waals surface area (Å²) in [6.45, 7) is 8.12. The molecule has 1 atom stereocenters. The van der Waals surface area contributed by atoms with Gasteiger partial charge in [-0.1, -0.05) is 27.7 Å². The second-order valence-corrected chi connectivity index (χ2v) is 4.09. The van der Waals surface area contributed by atoms with Crippen molar-refractivity contribution >= 4 is 0 Å². The number of aromatic nitrogens is 1. The molecule has 0 spiro atoms. The van der Waals surface area contributed by atoms with E-state index in [1.807, 2.05) is 20.8 Å². The molecule has 78 valence electrons. The van der Waals surface area contributed by atoms with Crippen LogP contribution in [0, 0.1) is 5.82 Å². The Bertz CT molecular complexity index is 307. The summed E-state index contributed by atoms with van der Waals surface area (Å²) in [6.07, 6.45) is 2.62. The van der Waals surface area contributed by atoms with Gasteiger partial charge in [-0.2, -0.15) is 0 Å². The molecule has 0 amide bonds. The molecule has 1 aromatic heterocycles. The molecule has 0 N–H and O–H groups in total. The van der Waals surface area contributed by atoms with Crippen LogP contribution in [0.1, 0.15) is 57.2 Å². The highest BCUT2D eigenvalue weighted by Crippen LogP contribution is 2.23. The Morgan fingerprint density at radius 3 is 2.43 bits per heavy atom. The third-order valence-corrected chi connectivity index (χ3v) is 2.64. The van der Waals surface area contributed by atoms with Gasteiger partial charge >= 0.3 is 0 Å². The van der Waals surface area contributed by atoms with E-state index in [9.17, 15) is 4.39 Å². The molecule has 0 aliphatic heterocycles. The van der Waals surface area contributed by atoms with Crippen LogP contribution in [0.25, 0.3) is 0 Å². The van der Waals surface area contributed by atoms with E-state index in [-0.39, 0.29) is 17.7 Å². The molecule has 0 aliphatic rings. The van der Waals surface area contributed by atoms with Crippen LogP contribution in [0.4, 0.5) is 4.39 Å². The molecule has 0 aliphatic carbocycles. The Morgan fingerprint density at radius 1 is 1.36 bits per heavy atom. The lowest BCUT2D eigenvalue weighted by Gasteiger charge is -2.11. The van der Waals surface area contributed by atoms with Gasteiger partial charge in [0.1, 0.15) is 5.82 Å². The largest absolute Gasteiger partial charge is 0.261 e. The van der Waals surface area contributed by atoms with Crippen LogP contribution in [-0.4, -0.2) is 4.98 Å². The lowest BCUT2D eigenvalue weighted by molar-refractivity contribution is 0.574. The smallest absolute Gasteiger partial charge is 0.130 e. The molecule has 1 nitrogen and oxygen atoms in total. The fraction of sp³-hybridized carbons (Fsp3) is 0.583. The van der Waals surface area contributed by atoms with Gasteiger partial charge in [-0.3, -0.25) is 4.98 Å². The zero-order valence-corrected chi connectivity index (χ0v) is 9.34. The fourth-order valence-electron chi connectivity index (χ4n) is 1.35. The molecule has 14 heavy (non-hydrogen) atoms. The van der Waals surface area contributed by atoms with Crippen LogP contribution in [0.3, 0.4) is 0 Å². The van der Waals surface area contributed by atoms with Crippen molar-refractivity contribution in [3.05, 3.63) is 29.3 Å². The van der Waals surface area contributed by atoms with Crippen LogP contribution in [0.15, 0.2) is 12.3 Å². The Hall–Kier alpha value is -0.920. The maximum Gasteiger partial charge on any atom is 0.130 e. The Morgan fingerprint density at radius 2 is 2.00 bits per heavy atom. The average Bonchev–Trinajstić information content (AvgIpc) is 2.16. The summed E-state index contributed by atoms with van der Waals surface area (Å²) < 4.78 is 13.6. The molecule has 1 heterocycles. The summed E-state index contributed by atoms with van der Waals surface area (Å²) in [5.41, 5.74) is 1.56. The number of pyridine rings is 1. The number of hydrogen-bond donors (Lipinski definition) is 0. The first kappa shape index (κ1) is 11.2. The van der Waals surface area contributed by atoms with Crippen LogP contribution in [0.2, 0.25) is 0 Å². The van der Waals surface area contributed by atoms with Crippen molar-refractivity contribution in [1.29, 1.82) is 0 Å². The third-order valence-electron chi connectivity index (χ3n) is 2.64. The minimum absolute atomic E-state index is 0.113. The zero-order chi connectivity index (χ0) is 10.7. The predicted molar refractivity (Wildman–Crippen MR) is 57.0 cm³/mol. The van der Waals surface area contributed by atoms with Gasteiger partial charge < -0.3 is 0 Å². The number of rotatable bonds is 3. The predicted octanol–water partition coefficient (Wildman–Crippen LogP) is 3.86. The van der Waals surface area contributed by atoms with Crippen LogP contribution >= 0.6 is 0 Å². The maximum absolute atomic E-state index is 13.6. The first-order valence-electron chi connectivity index (χ1n) is 5.21. The molecule has 0 radical (unpaired) electrons. The monoisotopic (exact) mass is 195 g/mol. The van der Waals surface area contributed by atoms with E-state index >= 15 is 0 Å². The highest BCUT2D eigenvalue weighted by Gasteiger charge is 2.11. The quantitative estimate of drug-likeness (QED) is 0.713. The normalized spacial score (nSPS) is 13.3. The van der Waals surface area contributed by atoms with Crippen molar-refractivity contribution in [2.45, 2.75) is 46.0 Å². The Balaban J connectivity index is 3.01. The fourth-order valence-corrected chi connectivity index (χ4v) is 1.35. The Labute approximate surface area is 85.4 Å². The van der Waals surface area contributed by atoms with Crippen molar-refractivity contribution in [3.63, 3.8) is 0 Å². The summed E-state index contributed by atoms with van der Waals surface area (Å²) in [6, 6.07) is 1.56. The van der Waals surface area contributed by atoms with Gasteiger partial charge in [-0.05, 0) is 24.3 Å². The number of halogens is 1. The maximum atomic E-state index is 13.6. The molecule has 1 aromatic rings. The lowest BCUT2D eigenvalue weighted by atomic mass is 9.98. The van der Waals surface area contributed by atoms with E-state index in [0.717, 1.165) is 17.7 Å². The third kappa shape index (κ3) is 2.31. The van der Waals surface area contributed by atoms with Gasteiger partial charge in [0.2, 0.25) is 0 Å².